The van der Waals surface area contributed by atoms with E-state index < -0.39 is 11.6 Å². The smallest absolute Gasteiger partial charge is 0.150 e. The summed E-state index contributed by atoms with van der Waals surface area (Å²) in [5, 5.41) is 12.7. The van der Waals surface area contributed by atoms with E-state index in [9.17, 15) is 13.9 Å². The molecule has 0 fully saturated rings. The van der Waals surface area contributed by atoms with Gasteiger partial charge in [0.25, 0.3) is 0 Å². The summed E-state index contributed by atoms with van der Waals surface area (Å²) in [5.74, 6) is -1.39. The molecule has 2 aromatic rings. The molecule has 0 heterocycles. The molecule has 106 valence electrons. The third kappa shape index (κ3) is 3.02. The molecule has 5 heteroatoms. The Morgan fingerprint density at radius 1 is 1.20 bits per heavy atom. The molecule has 0 saturated carbocycles. The molecule has 0 radical (unpaired) electrons. The normalized spacial score (nSPS) is 12.2. The molecular weight excluding hydrogens is 284 g/mol. The van der Waals surface area contributed by atoms with Gasteiger partial charge in [0.15, 0.2) is 5.82 Å². The van der Waals surface area contributed by atoms with E-state index in [1.165, 1.54) is 0 Å². The van der Waals surface area contributed by atoms with Crippen LogP contribution in [-0.4, -0.2) is 5.11 Å². The van der Waals surface area contributed by atoms with E-state index in [2.05, 4.69) is 5.32 Å². The summed E-state index contributed by atoms with van der Waals surface area (Å²) < 4.78 is 26.7. The van der Waals surface area contributed by atoms with Crippen LogP contribution in [0.5, 0.6) is 5.75 Å². The van der Waals surface area contributed by atoms with Crippen LogP contribution in [0.4, 0.5) is 14.5 Å². The molecule has 0 bridgehead atoms. The number of benzene rings is 2. The molecule has 0 amide bonds. The summed E-state index contributed by atoms with van der Waals surface area (Å²) in [5.41, 5.74) is 1.54. The van der Waals surface area contributed by atoms with E-state index in [4.69, 9.17) is 11.6 Å². The van der Waals surface area contributed by atoms with E-state index in [0.29, 0.717) is 5.56 Å². The summed E-state index contributed by atoms with van der Waals surface area (Å²) >= 11 is 5.83. The third-order valence-corrected chi connectivity index (χ3v) is 3.32. The van der Waals surface area contributed by atoms with Crippen molar-refractivity contribution in [2.45, 2.75) is 19.9 Å². The molecule has 2 aromatic carbocycles. The third-order valence-electron chi connectivity index (χ3n) is 3.02. The lowest BCUT2D eigenvalue weighted by Crippen LogP contribution is -2.09. The number of nitrogens with one attached hydrogen (secondary N) is 1. The highest BCUT2D eigenvalue weighted by Gasteiger charge is 2.15. The quantitative estimate of drug-likeness (QED) is 0.852. The SMILES string of the molecule is Cc1ccc(C(C)Nc2c(F)cc(F)cc2Cl)c(O)c1. The van der Waals surface area contributed by atoms with Crippen LogP contribution >= 0.6 is 11.6 Å². The van der Waals surface area contributed by atoms with Gasteiger partial charge in [-0.3, -0.25) is 0 Å². The molecule has 1 unspecified atom stereocenters. The van der Waals surface area contributed by atoms with Gasteiger partial charge in [0.1, 0.15) is 11.6 Å². The van der Waals surface area contributed by atoms with Crippen molar-refractivity contribution in [3.05, 3.63) is 58.1 Å². The number of aryl methyl sites for hydroxylation is 1. The maximum absolute atomic E-state index is 13.7. The van der Waals surface area contributed by atoms with Gasteiger partial charge in [-0.1, -0.05) is 23.7 Å². The zero-order valence-corrected chi connectivity index (χ0v) is 11.8. The van der Waals surface area contributed by atoms with Crippen LogP contribution in [-0.2, 0) is 0 Å². The van der Waals surface area contributed by atoms with Crippen LogP contribution in [0, 0.1) is 18.6 Å². The lowest BCUT2D eigenvalue weighted by Gasteiger charge is -2.18. The van der Waals surface area contributed by atoms with Gasteiger partial charge in [0, 0.05) is 11.6 Å². The number of hydrogen-bond donors (Lipinski definition) is 2. The van der Waals surface area contributed by atoms with Crippen molar-refractivity contribution in [3.63, 3.8) is 0 Å². The molecular formula is C15H14ClF2NO. The second-order valence-corrected chi connectivity index (χ2v) is 5.08. The first-order chi connectivity index (χ1) is 9.38. The number of rotatable bonds is 3. The number of anilines is 1. The fourth-order valence-electron chi connectivity index (χ4n) is 1.99. The molecule has 0 aliphatic carbocycles. The Kier molecular flexibility index (Phi) is 4.14. The van der Waals surface area contributed by atoms with Gasteiger partial charge in [-0.2, -0.15) is 0 Å². The first-order valence-corrected chi connectivity index (χ1v) is 6.47. The molecule has 2 N–H and O–H groups in total. The number of halogens is 3. The van der Waals surface area contributed by atoms with Crippen LogP contribution in [0.3, 0.4) is 0 Å². The average molecular weight is 298 g/mol. The molecule has 20 heavy (non-hydrogen) atoms. The van der Waals surface area contributed by atoms with Crippen LogP contribution < -0.4 is 5.32 Å². The molecule has 0 aliphatic rings. The van der Waals surface area contributed by atoms with Crippen LogP contribution in [0.15, 0.2) is 30.3 Å². The zero-order chi connectivity index (χ0) is 14.9. The summed E-state index contributed by atoms with van der Waals surface area (Å²) in [6.07, 6.45) is 0. The van der Waals surface area contributed by atoms with Crippen molar-refractivity contribution in [1.29, 1.82) is 0 Å². The van der Waals surface area contributed by atoms with Crippen LogP contribution in [0.25, 0.3) is 0 Å². The predicted octanol–water partition coefficient (Wildman–Crippen LogP) is 4.81. The van der Waals surface area contributed by atoms with Crippen molar-refractivity contribution in [1.82, 2.24) is 0 Å². The summed E-state index contributed by atoms with van der Waals surface area (Å²) in [7, 11) is 0. The Labute approximate surface area is 121 Å². The Bertz CT molecular complexity index is 623. The highest BCUT2D eigenvalue weighted by molar-refractivity contribution is 6.33. The molecule has 0 spiro atoms. The Balaban J connectivity index is 2.30. The van der Waals surface area contributed by atoms with E-state index in [0.717, 1.165) is 17.7 Å². The van der Waals surface area contributed by atoms with Crippen LogP contribution in [0.1, 0.15) is 24.1 Å². The summed E-state index contributed by atoms with van der Waals surface area (Å²) in [4.78, 5) is 0. The highest BCUT2D eigenvalue weighted by Crippen LogP contribution is 2.32. The minimum absolute atomic E-state index is 0.0144. The number of hydrogen-bond acceptors (Lipinski definition) is 2. The Hall–Kier alpha value is -1.81. The highest BCUT2D eigenvalue weighted by atomic mass is 35.5. The van der Waals surface area contributed by atoms with E-state index in [-0.39, 0.29) is 22.5 Å². The molecule has 1 atom stereocenters. The van der Waals surface area contributed by atoms with Crippen molar-refractivity contribution < 1.29 is 13.9 Å². The number of phenolic OH excluding ortho intramolecular Hbond substituents is 1. The number of phenols is 1. The van der Waals surface area contributed by atoms with Gasteiger partial charge in [-0.25, -0.2) is 8.78 Å². The number of aromatic hydroxyl groups is 1. The van der Waals surface area contributed by atoms with E-state index in [1.54, 1.807) is 19.1 Å². The van der Waals surface area contributed by atoms with Crippen molar-refractivity contribution in [2.75, 3.05) is 5.32 Å². The average Bonchev–Trinajstić information content (AvgIpc) is 2.33. The molecule has 0 aromatic heterocycles. The molecule has 2 nitrogen and oxygen atoms in total. The first-order valence-electron chi connectivity index (χ1n) is 6.09. The lowest BCUT2D eigenvalue weighted by molar-refractivity contribution is 0.464. The Morgan fingerprint density at radius 2 is 1.90 bits per heavy atom. The van der Waals surface area contributed by atoms with Crippen molar-refractivity contribution in [2.24, 2.45) is 0 Å². The lowest BCUT2D eigenvalue weighted by atomic mass is 10.0. The van der Waals surface area contributed by atoms with E-state index in [1.807, 2.05) is 13.0 Å². The predicted molar refractivity (Wildman–Crippen MR) is 76.2 cm³/mol. The van der Waals surface area contributed by atoms with Gasteiger partial charge < -0.3 is 10.4 Å². The topological polar surface area (TPSA) is 32.3 Å². The van der Waals surface area contributed by atoms with Crippen LogP contribution in [0.2, 0.25) is 5.02 Å². The fraction of sp³-hybridized carbons (Fsp3) is 0.200. The van der Waals surface area contributed by atoms with Gasteiger partial charge in [-0.05, 0) is 31.5 Å². The van der Waals surface area contributed by atoms with Crippen molar-refractivity contribution in [3.8, 4) is 5.75 Å². The second kappa shape index (κ2) is 5.67. The van der Waals surface area contributed by atoms with Crippen molar-refractivity contribution >= 4 is 17.3 Å². The minimum atomic E-state index is -0.770. The maximum Gasteiger partial charge on any atom is 0.150 e. The Morgan fingerprint density at radius 3 is 2.50 bits per heavy atom. The summed E-state index contributed by atoms with van der Waals surface area (Å²) in [6.45, 7) is 3.61. The van der Waals surface area contributed by atoms with Gasteiger partial charge in [-0.15, -0.1) is 0 Å². The van der Waals surface area contributed by atoms with Gasteiger partial charge in [0.05, 0.1) is 16.8 Å². The standard InChI is InChI=1S/C15H14ClF2NO/c1-8-3-4-11(14(20)5-8)9(2)19-15-12(16)6-10(17)7-13(15)18/h3-7,9,19-20H,1-2H3. The minimum Gasteiger partial charge on any atom is -0.508 e. The van der Waals surface area contributed by atoms with Gasteiger partial charge in [0.2, 0.25) is 0 Å². The summed E-state index contributed by atoms with van der Waals surface area (Å²) in [6, 6.07) is 6.63. The molecule has 0 aliphatic heterocycles. The second-order valence-electron chi connectivity index (χ2n) is 4.67. The largest absolute Gasteiger partial charge is 0.508 e. The molecule has 0 saturated heterocycles. The zero-order valence-electron chi connectivity index (χ0n) is 11.0. The van der Waals surface area contributed by atoms with Gasteiger partial charge >= 0.3 is 0 Å². The monoisotopic (exact) mass is 297 g/mol. The first kappa shape index (κ1) is 14.6. The fourth-order valence-corrected chi connectivity index (χ4v) is 2.24. The maximum atomic E-state index is 13.7. The van der Waals surface area contributed by atoms with E-state index >= 15 is 0 Å². The molecule has 2 rings (SSSR count).